The van der Waals surface area contributed by atoms with E-state index in [1.165, 1.54) is 32.1 Å². The molecule has 0 aliphatic heterocycles. The van der Waals surface area contributed by atoms with Crippen molar-refractivity contribution in [2.24, 2.45) is 0 Å². The van der Waals surface area contributed by atoms with Crippen LogP contribution in [0.2, 0.25) is 0 Å². The van der Waals surface area contributed by atoms with Crippen molar-refractivity contribution in [3.05, 3.63) is 41.5 Å². The van der Waals surface area contributed by atoms with Gasteiger partial charge < -0.3 is 5.11 Å². The Kier molecular flexibility index (Phi) is 6.85. The normalized spacial score (nSPS) is 10.9. The SMILES string of the molecule is CCCCCCC/C=C/c1ccc(C(=O)O)cc1. The highest BCUT2D eigenvalue weighted by Gasteiger charge is 1.99. The zero-order valence-electron chi connectivity index (χ0n) is 11.1. The van der Waals surface area contributed by atoms with E-state index in [-0.39, 0.29) is 0 Å². The zero-order valence-corrected chi connectivity index (χ0v) is 11.1. The van der Waals surface area contributed by atoms with Gasteiger partial charge in [0.25, 0.3) is 0 Å². The molecule has 0 saturated heterocycles. The summed E-state index contributed by atoms with van der Waals surface area (Å²) >= 11 is 0. The van der Waals surface area contributed by atoms with Gasteiger partial charge in [0.1, 0.15) is 0 Å². The van der Waals surface area contributed by atoms with Gasteiger partial charge in [-0.25, -0.2) is 4.79 Å². The molecular formula is C16H22O2. The highest BCUT2D eigenvalue weighted by molar-refractivity contribution is 5.87. The van der Waals surface area contributed by atoms with Gasteiger partial charge in [0.05, 0.1) is 5.56 Å². The fourth-order valence-electron chi connectivity index (χ4n) is 1.82. The number of carbonyl (C=O) groups is 1. The molecule has 0 saturated carbocycles. The molecule has 0 heterocycles. The lowest BCUT2D eigenvalue weighted by Gasteiger charge is -1.97. The molecule has 1 N–H and O–H groups in total. The number of hydrogen-bond acceptors (Lipinski definition) is 1. The Balaban J connectivity index is 2.27. The predicted octanol–water partition coefficient (Wildman–Crippen LogP) is 4.76. The Morgan fingerprint density at radius 1 is 1.11 bits per heavy atom. The molecule has 18 heavy (non-hydrogen) atoms. The molecule has 0 radical (unpaired) electrons. The minimum absolute atomic E-state index is 0.340. The van der Waals surface area contributed by atoms with Gasteiger partial charge in [0.15, 0.2) is 0 Å². The number of hydrogen-bond donors (Lipinski definition) is 1. The maximum Gasteiger partial charge on any atom is 0.335 e. The standard InChI is InChI=1S/C16H22O2/c1-2-3-4-5-6-7-8-9-14-10-12-15(13-11-14)16(17)18/h8-13H,2-7H2,1H3,(H,17,18)/b9-8+. The first-order valence-electron chi connectivity index (χ1n) is 6.74. The van der Waals surface area contributed by atoms with E-state index in [1.54, 1.807) is 12.1 Å². The van der Waals surface area contributed by atoms with Crippen LogP contribution in [0.15, 0.2) is 30.3 Å². The third-order valence-electron chi connectivity index (χ3n) is 2.94. The Labute approximate surface area is 109 Å². The van der Waals surface area contributed by atoms with Crippen molar-refractivity contribution in [3.8, 4) is 0 Å². The molecule has 0 spiro atoms. The second-order valence-corrected chi connectivity index (χ2v) is 4.53. The fraction of sp³-hybridized carbons (Fsp3) is 0.438. The third-order valence-corrected chi connectivity index (χ3v) is 2.94. The molecule has 1 rings (SSSR count). The maximum absolute atomic E-state index is 10.7. The number of carboxylic acid groups (broad SMARTS) is 1. The van der Waals surface area contributed by atoms with Gasteiger partial charge in [0.2, 0.25) is 0 Å². The van der Waals surface area contributed by atoms with Gasteiger partial charge in [-0.3, -0.25) is 0 Å². The highest BCUT2D eigenvalue weighted by atomic mass is 16.4. The van der Waals surface area contributed by atoms with E-state index in [1.807, 2.05) is 12.1 Å². The van der Waals surface area contributed by atoms with Crippen LogP contribution in [-0.4, -0.2) is 11.1 Å². The molecule has 1 aromatic rings. The van der Waals surface area contributed by atoms with Crippen LogP contribution in [0.5, 0.6) is 0 Å². The average molecular weight is 246 g/mol. The summed E-state index contributed by atoms with van der Waals surface area (Å²) in [5, 5.41) is 8.77. The van der Waals surface area contributed by atoms with Crippen LogP contribution in [0.3, 0.4) is 0 Å². The van der Waals surface area contributed by atoms with E-state index in [9.17, 15) is 4.79 Å². The highest BCUT2D eigenvalue weighted by Crippen LogP contribution is 2.09. The Hall–Kier alpha value is -1.57. The van der Waals surface area contributed by atoms with Gasteiger partial charge in [0, 0.05) is 0 Å². The lowest BCUT2D eigenvalue weighted by atomic mass is 10.1. The molecule has 0 amide bonds. The van der Waals surface area contributed by atoms with Gasteiger partial charge in [-0.1, -0.05) is 56.9 Å². The molecule has 0 aromatic heterocycles. The predicted molar refractivity (Wildman–Crippen MR) is 75.8 cm³/mol. The summed E-state index contributed by atoms with van der Waals surface area (Å²) in [5.74, 6) is -0.874. The van der Waals surface area contributed by atoms with Gasteiger partial charge >= 0.3 is 5.97 Å². The Bertz CT molecular complexity index is 377. The minimum atomic E-state index is -0.874. The molecule has 0 bridgehead atoms. The molecule has 0 fully saturated rings. The first kappa shape index (κ1) is 14.5. The second kappa shape index (κ2) is 8.51. The molecule has 98 valence electrons. The summed E-state index contributed by atoms with van der Waals surface area (Å²) in [5.41, 5.74) is 1.40. The van der Waals surface area contributed by atoms with Crippen molar-refractivity contribution in [3.63, 3.8) is 0 Å². The number of unbranched alkanes of at least 4 members (excludes halogenated alkanes) is 5. The van der Waals surface area contributed by atoms with Crippen LogP contribution in [0.25, 0.3) is 6.08 Å². The first-order chi connectivity index (χ1) is 8.74. The molecular weight excluding hydrogens is 224 g/mol. The topological polar surface area (TPSA) is 37.3 Å². The average Bonchev–Trinajstić information content (AvgIpc) is 2.38. The number of rotatable bonds is 8. The fourth-order valence-corrected chi connectivity index (χ4v) is 1.82. The Morgan fingerprint density at radius 3 is 2.39 bits per heavy atom. The van der Waals surface area contributed by atoms with E-state index in [0.29, 0.717) is 5.56 Å². The number of benzene rings is 1. The summed E-state index contributed by atoms with van der Waals surface area (Å²) in [6.07, 6.45) is 11.8. The summed E-state index contributed by atoms with van der Waals surface area (Å²) in [6, 6.07) is 6.97. The van der Waals surface area contributed by atoms with Crippen LogP contribution in [0.1, 0.15) is 61.4 Å². The van der Waals surface area contributed by atoms with Crippen molar-refractivity contribution >= 4 is 12.0 Å². The summed E-state index contributed by atoms with van der Waals surface area (Å²) in [4.78, 5) is 10.7. The molecule has 0 atom stereocenters. The number of aromatic carboxylic acids is 1. The van der Waals surface area contributed by atoms with E-state index in [4.69, 9.17) is 5.11 Å². The van der Waals surface area contributed by atoms with Crippen LogP contribution < -0.4 is 0 Å². The van der Waals surface area contributed by atoms with Crippen molar-refractivity contribution in [1.29, 1.82) is 0 Å². The maximum atomic E-state index is 10.7. The number of carboxylic acids is 1. The van der Waals surface area contributed by atoms with Crippen LogP contribution >= 0.6 is 0 Å². The van der Waals surface area contributed by atoms with Gasteiger partial charge in [-0.2, -0.15) is 0 Å². The lowest BCUT2D eigenvalue weighted by Crippen LogP contribution is -1.94. The van der Waals surface area contributed by atoms with Crippen LogP contribution in [0.4, 0.5) is 0 Å². The molecule has 0 aliphatic rings. The van der Waals surface area contributed by atoms with Crippen molar-refractivity contribution in [2.75, 3.05) is 0 Å². The summed E-state index contributed by atoms with van der Waals surface area (Å²) < 4.78 is 0. The van der Waals surface area contributed by atoms with E-state index in [2.05, 4.69) is 19.1 Å². The van der Waals surface area contributed by atoms with Crippen LogP contribution in [0, 0.1) is 0 Å². The van der Waals surface area contributed by atoms with Gasteiger partial charge in [-0.15, -0.1) is 0 Å². The zero-order chi connectivity index (χ0) is 13.2. The van der Waals surface area contributed by atoms with Crippen molar-refractivity contribution in [2.45, 2.75) is 45.4 Å². The van der Waals surface area contributed by atoms with Crippen LogP contribution in [-0.2, 0) is 0 Å². The quantitative estimate of drug-likeness (QED) is 0.671. The molecule has 2 nitrogen and oxygen atoms in total. The molecule has 2 heteroatoms. The largest absolute Gasteiger partial charge is 0.478 e. The van der Waals surface area contributed by atoms with E-state index >= 15 is 0 Å². The molecule has 0 aliphatic carbocycles. The van der Waals surface area contributed by atoms with Crippen molar-refractivity contribution < 1.29 is 9.90 Å². The number of allylic oxidation sites excluding steroid dienone is 1. The molecule has 0 unspecified atom stereocenters. The van der Waals surface area contributed by atoms with E-state index < -0.39 is 5.97 Å². The van der Waals surface area contributed by atoms with Crippen molar-refractivity contribution in [1.82, 2.24) is 0 Å². The molecule has 1 aromatic carbocycles. The van der Waals surface area contributed by atoms with Gasteiger partial charge in [-0.05, 0) is 30.5 Å². The first-order valence-corrected chi connectivity index (χ1v) is 6.74. The Morgan fingerprint density at radius 2 is 1.78 bits per heavy atom. The minimum Gasteiger partial charge on any atom is -0.478 e. The summed E-state index contributed by atoms with van der Waals surface area (Å²) in [7, 11) is 0. The monoisotopic (exact) mass is 246 g/mol. The second-order valence-electron chi connectivity index (χ2n) is 4.53. The van der Waals surface area contributed by atoms with E-state index in [0.717, 1.165) is 12.0 Å². The summed E-state index contributed by atoms with van der Waals surface area (Å²) in [6.45, 7) is 2.22. The lowest BCUT2D eigenvalue weighted by molar-refractivity contribution is 0.0697. The smallest absolute Gasteiger partial charge is 0.335 e. The third kappa shape index (κ3) is 5.67.